The van der Waals surface area contributed by atoms with E-state index in [0.29, 0.717) is 16.3 Å². The predicted molar refractivity (Wildman–Crippen MR) is 69.0 cm³/mol. The van der Waals surface area contributed by atoms with Crippen LogP contribution in [0.4, 0.5) is 0 Å². The zero-order chi connectivity index (χ0) is 14.3. The molecule has 0 spiro atoms. The molecule has 1 heterocycles. The van der Waals surface area contributed by atoms with E-state index in [1.54, 1.807) is 32.0 Å². The number of fused-ring (bicyclic) bond motifs is 1. The molecule has 1 aliphatic heterocycles. The summed E-state index contributed by atoms with van der Waals surface area (Å²) in [5.74, 6) is -0.479. The first kappa shape index (κ1) is 14.5. The van der Waals surface area contributed by atoms with Gasteiger partial charge in [-0.05, 0) is 6.07 Å². The molecule has 1 atom stereocenters. The lowest BCUT2D eigenvalue weighted by Crippen LogP contribution is -2.39. The number of halogens is 1. The van der Waals surface area contributed by atoms with Crippen LogP contribution in [0.3, 0.4) is 0 Å². The van der Waals surface area contributed by atoms with Gasteiger partial charge in [0.05, 0.1) is 11.6 Å². The molecule has 0 saturated heterocycles. The Balaban J connectivity index is 2.32. The summed E-state index contributed by atoms with van der Waals surface area (Å²) in [6.07, 6.45) is -0.629. The van der Waals surface area contributed by atoms with Crippen LogP contribution in [-0.2, 0) is 19.2 Å². The van der Waals surface area contributed by atoms with E-state index in [9.17, 15) is 8.42 Å². The number of hydrogen-bond donors (Lipinski definition) is 1. The van der Waals surface area contributed by atoms with Crippen molar-refractivity contribution in [3.8, 4) is 5.75 Å². The minimum atomic E-state index is -4.03. The van der Waals surface area contributed by atoms with Crippen molar-refractivity contribution in [2.45, 2.75) is 25.7 Å². The molecule has 1 aromatic rings. The highest BCUT2D eigenvalue weighted by Crippen LogP contribution is 2.42. The molecule has 106 valence electrons. The third-order valence-corrected chi connectivity index (χ3v) is 3.26. The second-order valence-electron chi connectivity index (χ2n) is 4.54. The van der Waals surface area contributed by atoms with Crippen molar-refractivity contribution in [1.82, 2.24) is 0 Å². The molecule has 1 aliphatic rings. The molecule has 0 aliphatic carbocycles. The van der Waals surface area contributed by atoms with Gasteiger partial charge in [0.15, 0.2) is 0 Å². The monoisotopic (exact) mass is 307 g/mol. The number of benzene rings is 1. The zero-order valence-electron chi connectivity index (χ0n) is 10.4. The predicted octanol–water partition coefficient (Wildman–Crippen LogP) is 1.75. The second-order valence-corrected chi connectivity index (χ2v) is 6.17. The highest BCUT2D eigenvalue weighted by atomic mass is 35.5. The number of rotatable bonds is 3. The van der Waals surface area contributed by atoms with Gasteiger partial charge in [-0.15, -0.1) is 0 Å². The summed E-state index contributed by atoms with van der Waals surface area (Å²) in [4.78, 5) is 0. The maximum absolute atomic E-state index is 10.9. The van der Waals surface area contributed by atoms with Crippen molar-refractivity contribution in [2.24, 2.45) is 5.14 Å². The summed E-state index contributed by atoms with van der Waals surface area (Å²) in [5.41, 5.74) is 0.621. The van der Waals surface area contributed by atoms with Crippen LogP contribution in [-0.4, -0.2) is 20.8 Å². The fraction of sp³-hybridized carbons (Fsp3) is 0.455. The summed E-state index contributed by atoms with van der Waals surface area (Å²) < 4.78 is 37.5. The van der Waals surface area contributed by atoms with Gasteiger partial charge in [-0.25, -0.2) is 5.14 Å². The highest BCUT2D eigenvalue weighted by molar-refractivity contribution is 7.84. The lowest BCUT2D eigenvalue weighted by molar-refractivity contribution is -0.212. The van der Waals surface area contributed by atoms with Crippen molar-refractivity contribution in [2.75, 3.05) is 6.61 Å². The number of para-hydroxylation sites is 1. The Morgan fingerprint density at radius 3 is 2.79 bits per heavy atom. The maximum atomic E-state index is 10.9. The average Bonchev–Trinajstić information content (AvgIpc) is 2.25. The minimum Gasteiger partial charge on any atom is -0.461 e. The molecule has 1 unspecified atom stereocenters. The smallest absolute Gasteiger partial charge is 0.333 e. The van der Waals surface area contributed by atoms with Crippen molar-refractivity contribution in [1.29, 1.82) is 0 Å². The van der Waals surface area contributed by atoms with E-state index in [0.717, 1.165) is 0 Å². The zero-order valence-corrected chi connectivity index (χ0v) is 12.0. The molecule has 0 saturated carbocycles. The van der Waals surface area contributed by atoms with Gasteiger partial charge >= 0.3 is 10.3 Å². The average molecular weight is 308 g/mol. The lowest BCUT2D eigenvalue weighted by atomic mass is 10.1. The first-order chi connectivity index (χ1) is 8.68. The third-order valence-electron chi connectivity index (χ3n) is 2.50. The van der Waals surface area contributed by atoms with E-state index in [1.165, 1.54) is 0 Å². The Bertz CT molecular complexity index is 587. The molecule has 0 aromatic heterocycles. The highest BCUT2D eigenvalue weighted by Gasteiger charge is 2.36. The van der Waals surface area contributed by atoms with Gasteiger partial charge in [0.2, 0.25) is 5.79 Å². The van der Waals surface area contributed by atoms with Crippen LogP contribution in [0.5, 0.6) is 5.75 Å². The van der Waals surface area contributed by atoms with Gasteiger partial charge in [-0.1, -0.05) is 23.7 Å². The molecule has 1 aromatic carbocycles. The van der Waals surface area contributed by atoms with Crippen LogP contribution in [0.1, 0.15) is 25.5 Å². The lowest BCUT2D eigenvalue weighted by Gasteiger charge is -2.37. The van der Waals surface area contributed by atoms with Crippen LogP contribution in [0.25, 0.3) is 0 Å². The first-order valence-electron chi connectivity index (χ1n) is 5.50. The van der Waals surface area contributed by atoms with Gasteiger partial charge in [0.25, 0.3) is 0 Å². The molecule has 0 amide bonds. The summed E-state index contributed by atoms with van der Waals surface area (Å²) in [6.45, 7) is 3.16. The van der Waals surface area contributed by atoms with Crippen LogP contribution in [0, 0.1) is 0 Å². The fourth-order valence-corrected chi connectivity index (χ4v) is 2.38. The summed E-state index contributed by atoms with van der Waals surface area (Å²) in [6, 6.07) is 5.13. The van der Waals surface area contributed by atoms with Gasteiger partial charge in [-0.2, -0.15) is 8.42 Å². The molecule has 2 N–H and O–H groups in total. The van der Waals surface area contributed by atoms with Gasteiger partial charge in [-0.3, -0.25) is 4.18 Å². The summed E-state index contributed by atoms with van der Waals surface area (Å²) in [5, 5.41) is 5.23. The van der Waals surface area contributed by atoms with E-state index in [1.807, 2.05) is 0 Å². The van der Waals surface area contributed by atoms with E-state index >= 15 is 0 Å². The normalized spacial score (nSPS) is 21.6. The SMILES string of the molecule is CC1(C)Oc2c(Cl)cccc2C(COS(N)(=O)=O)O1. The summed E-state index contributed by atoms with van der Waals surface area (Å²) >= 11 is 6.06. The van der Waals surface area contributed by atoms with Gasteiger partial charge < -0.3 is 9.47 Å². The van der Waals surface area contributed by atoms with Crippen molar-refractivity contribution in [3.63, 3.8) is 0 Å². The summed E-state index contributed by atoms with van der Waals surface area (Å²) in [7, 11) is -4.03. The molecule has 0 bridgehead atoms. The van der Waals surface area contributed by atoms with E-state index in [-0.39, 0.29) is 6.61 Å². The molecule has 8 heteroatoms. The Morgan fingerprint density at radius 1 is 1.47 bits per heavy atom. The number of hydrogen-bond acceptors (Lipinski definition) is 5. The molecular weight excluding hydrogens is 294 g/mol. The third kappa shape index (κ3) is 3.58. The maximum Gasteiger partial charge on any atom is 0.333 e. The van der Waals surface area contributed by atoms with Crippen molar-refractivity contribution in [3.05, 3.63) is 28.8 Å². The van der Waals surface area contributed by atoms with E-state index < -0.39 is 22.2 Å². The largest absolute Gasteiger partial charge is 0.461 e. The molecule has 0 radical (unpaired) electrons. The number of ether oxygens (including phenoxy) is 2. The molecule has 6 nitrogen and oxygen atoms in total. The standard InChI is InChI=1S/C11H14ClNO5S/c1-11(2)17-9(6-16-19(13,14)15)7-4-3-5-8(12)10(7)18-11/h3-5,9H,6H2,1-2H3,(H2,13,14,15). The minimum absolute atomic E-state index is 0.237. The Kier molecular flexibility index (Phi) is 3.76. The molecule has 2 rings (SSSR count). The van der Waals surface area contributed by atoms with E-state index in [2.05, 4.69) is 4.18 Å². The second kappa shape index (κ2) is 4.92. The first-order valence-corrected chi connectivity index (χ1v) is 7.35. The molecular formula is C11H14ClNO5S. The Hall–Kier alpha value is -0.860. The topological polar surface area (TPSA) is 87.9 Å². The van der Waals surface area contributed by atoms with Gasteiger partial charge in [0.1, 0.15) is 11.9 Å². The molecule has 0 fully saturated rings. The fourth-order valence-electron chi connectivity index (χ4n) is 1.84. The number of nitrogens with two attached hydrogens (primary N) is 1. The van der Waals surface area contributed by atoms with Crippen LogP contribution >= 0.6 is 11.6 Å². The van der Waals surface area contributed by atoms with Crippen molar-refractivity contribution >= 4 is 21.9 Å². The van der Waals surface area contributed by atoms with Crippen LogP contribution < -0.4 is 9.88 Å². The quantitative estimate of drug-likeness (QED) is 0.919. The van der Waals surface area contributed by atoms with Gasteiger partial charge in [0, 0.05) is 19.4 Å². The molecule has 19 heavy (non-hydrogen) atoms. The van der Waals surface area contributed by atoms with Crippen LogP contribution in [0.2, 0.25) is 5.02 Å². The van der Waals surface area contributed by atoms with Crippen molar-refractivity contribution < 1.29 is 22.1 Å². The Labute approximate surface area is 116 Å². The van der Waals surface area contributed by atoms with Crippen LogP contribution in [0.15, 0.2) is 18.2 Å². The van der Waals surface area contributed by atoms with E-state index in [4.69, 9.17) is 26.2 Å². The Morgan fingerprint density at radius 2 is 2.16 bits per heavy atom.